The largest absolute Gasteiger partial charge is 0.469 e. The fraction of sp³-hybridized carbons (Fsp3) is 0.700. The number of nitrogens with one attached hydrogen (secondary N) is 1. The number of esters is 2. The molecule has 0 aliphatic carbocycles. The Bertz CT molecular complexity index is 240. The molecule has 0 fully saturated rings. The van der Waals surface area contributed by atoms with E-state index in [-0.39, 0.29) is 11.9 Å². The lowest BCUT2D eigenvalue weighted by atomic mass is 10.8. The highest BCUT2D eigenvalue weighted by molar-refractivity contribution is 5.65. The van der Waals surface area contributed by atoms with Gasteiger partial charge in [-0.25, -0.2) is 0 Å². The van der Waals surface area contributed by atoms with Crippen LogP contribution < -0.4 is 5.32 Å². The summed E-state index contributed by atoms with van der Waals surface area (Å²) in [4.78, 5) is 36.8. The van der Waals surface area contributed by atoms with Crippen molar-refractivity contribution < 1.29 is 28.8 Å². The highest BCUT2D eigenvalue weighted by Crippen LogP contribution is 1.69. The first-order chi connectivity index (χ1) is 8.69. The van der Waals surface area contributed by atoms with Gasteiger partial charge in [-0.2, -0.15) is 0 Å². The Labute approximate surface area is 112 Å². The first-order valence-electron chi connectivity index (χ1n) is 5.06. The zero-order chi connectivity index (χ0) is 16.3. The smallest absolute Gasteiger partial charge is 0.302 e. The number of nitro groups is 1. The summed E-state index contributed by atoms with van der Waals surface area (Å²) >= 11 is 0. The number of rotatable bonds is 2. The minimum Gasteiger partial charge on any atom is -0.469 e. The van der Waals surface area contributed by atoms with Gasteiger partial charge in [-0.1, -0.05) is 0 Å². The summed E-state index contributed by atoms with van der Waals surface area (Å²) in [6, 6.07) is 0. The Morgan fingerprint density at radius 3 is 1.58 bits per heavy atom. The van der Waals surface area contributed by atoms with E-state index in [9.17, 15) is 9.59 Å². The number of hydrogen-bond acceptors (Lipinski definition) is 7. The maximum absolute atomic E-state index is 9.82. The first-order valence-corrected chi connectivity index (χ1v) is 5.06. The monoisotopic (exact) mass is 282 g/mol. The van der Waals surface area contributed by atoms with Crippen LogP contribution in [0.3, 0.4) is 0 Å². The second-order valence-electron chi connectivity index (χ2n) is 2.47. The highest BCUT2D eigenvalue weighted by atomic mass is 16.6. The van der Waals surface area contributed by atoms with Crippen molar-refractivity contribution in [1.82, 2.24) is 5.32 Å². The lowest BCUT2D eigenvalue weighted by molar-refractivity contribution is -0.445. The molecule has 0 aliphatic rings. The fourth-order valence-corrected chi connectivity index (χ4v) is 0.203. The normalized spacial score (nSPS) is 6.63. The van der Waals surface area contributed by atoms with E-state index in [1.165, 1.54) is 21.0 Å². The van der Waals surface area contributed by atoms with Gasteiger partial charge in [0.25, 0.3) is 0 Å². The van der Waals surface area contributed by atoms with Crippen molar-refractivity contribution in [1.29, 1.82) is 0 Å². The van der Waals surface area contributed by atoms with Crippen molar-refractivity contribution in [3.8, 4) is 0 Å². The van der Waals surface area contributed by atoms with Crippen LogP contribution in [0.2, 0.25) is 0 Å². The van der Waals surface area contributed by atoms with E-state index in [0.29, 0.717) is 13.0 Å². The topological polar surface area (TPSA) is 125 Å². The van der Waals surface area contributed by atoms with Crippen LogP contribution in [0.25, 0.3) is 0 Å². The van der Waals surface area contributed by atoms with E-state index >= 15 is 0 Å². The average molecular weight is 282 g/mol. The van der Waals surface area contributed by atoms with Gasteiger partial charge in [0, 0.05) is 25.8 Å². The molecule has 1 amide bonds. The number of amides is 1. The standard InChI is InChI=1S/C4H8O2.C3H6O2.C2H5NO.CH3NO2/c1-3-6-4(2)5;1-3(4)5-2;1-3-2-4;1-2(3)4/h3H2,1-2H3;1-2H3;2H,1H3,(H,3,4);1H3. The summed E-state index contributed by atoms with van der Waals surface area (Å²) in [7, 11) is 3.80. The van der Waals surface area contributed by atoms with E-state index < -0.39 is 4.92 Å². The molecule has 0 aromatic rings. The molecule has 1 N–H and O–H groups in total. The van der Waals surface area contributed by atoms with Gasteiger partial charge in [-0.3, -0.25) is 24.5 Å². The SMILES string of the molecule is CCOC(C)=O.CNC=O.COC(C)=O.C[N+](=O)[O-]. The Kier molecular flexibility index (Phi) is 33.5. The van der Waals surface area contributed by atoms with Crippen molar-refractivity contribution in [2.24, 2.45) is 0 Å². The van der Waals surface area contributed by atoms with Crippen LogP contribution in [0.4, 0.5) is 0 Å². The molecule has 9 heteroatoms. The zero-order valence-electron chi connectivity index (χ0n) is 12.1. The Balaban J connectivity index is -0.0000000803. The number of nitrogens with zero attached hydrogens (tertiary/aromatic N) is 1. The summed E-state index contributed by atoms with van der Waals surface area (Å²) in [6.07, 6.45) is 0.625. The molecule has 0 unspecified atom stereocenters. The maximum atomic E-state index is 9.82. The van der Waals surface area contributed by atoms with E-state index in [1.807, 2.05) is 0 Å². The number of ether oxygens (including phenoxy) is 2. The summed E-state index contributed by atoms with van der Waals surface area (Å²) in [5, 5.41) is 11.1. The molecule has 0 rings (SSSR count). The number of carbonyl (C=O) groups is 3. The van der Waals surface area contributed by atoms with Crippen molar-refractivity contribution in [3.63, 3.8) is 0 Å². The van der Waals surface area contributed by atoms with Crippen LogP contribution in [-0.4, -0.2) is 51.1 Å². The van der Waals surface area contributed by atoms with E-state index in [2.05, 4.69) is 14.8 Å². The predicted octanol–water partition coefficient (Wildman–Crippen LogP) is 0.00380. The second-order valence-corrected chi connectivity index (χ2v) is 2.47. The Morgan fingerprint density at radius 1 is 1.32 bits per heavy atom. The molecule has 114 valence electrons. The molecule has 0 atom stereocenters. The van der Waals surface area contributed by atoms with Crippen LogP contribution in [0.15, 0.2) is 0 Å². The Hall–Kier alpha value is -2.19. The molecule has 0 aromatic heterocycles. The van der Waals surface area contributed by atoms with Gasteiger partial charge < -0.3 is 14.8 Å². The Morgan fingerprint density at radius 2 is 1.58 bits per heavy atom. The number of carbonyl (C=O) groups excluding carboxylic acids is 3. The third kappa shape index (κ3) is 208. The van der Waals surface area contributed by atoms with Gasteiger partial charge in [0.15, 0.2) is 7.05 Å². The van der Waals surface area contributed by atoms with Gasteiger partial charge in [0.1, 0.15) is 0 Å². The number of hydrogen-bond donors (Lipinski definition) is 1. The highest BCUT2D eigenvalue weighted by Gasteiger charge is 1.81. The van der Waals surface area contributed by atoms with Crippen LogP contribution in [-0.2, 0) is 23.9 Å². The molecule has 19 heavy (non-hydrogen) atoms. The van der Waals surface area contributed by atoms with E-state index in [4.69, 9.17) is 14.9 Å². The third-order valence-electron chi connectivity index (χ3n) is 0.753. The van der Waals surface area contributed by atoms with E-state index in [1.54, 1.807) is 14.0 Å². The quantitative estimate of drug-likeness (QED) is 0.327. The first kappa shape index (κ1) is 25.6. The van der Waals surface area contributed by atoms with Crippen LogP contribution in [0.5, 0.6) is 0 Å². The van der Waals surface area contributed by atoms with Gasteiger partial charge in [-0.15, -0.1) is 0 Å². The molecule has 0 radical (unpaired) electrons. The van der Waals surface area contributed by atoms with Crippen LogP contribution >= 0.6 is 0 Å². The number of methoxy groups -OCH3 is 1. The summed E-state index contributed by atoms with van der Waals surface area (Å²) < 4.78 is 8.51. The van der Waals surface area contributed by atoms with Crippen LogP contribution in [0, 0.1) is 10.1 Å². The molecule has 0 saturated heterocycles. The summed E-state index contributed by atoms with van der Waals surface area (Å²) in [5.41, 5.74) is 0. The van der Waals surface area contributed by atoms with E-state index in [0.717, 1.165) is 7.05 Å². The molecular weight excluding hydrogens is 260 g/mol. The zero-order valence-corrected chi connectivity index (χ0v) is 12.1. The molecule has 0 saturated carbocycles. The van der Waals surface area contributed by atoms with Crippen molar-refractivity contribution in [3.05, 3.63) is 10.1 Å². The second kappa shape index (κ2) is 24.9. The van der Waals surface area contributed by atoms with Gasteiger partial charge in [0.2, 0.25) is 6.41 Å². The van der Waals surface area contributed by atoms with Gasteiger partial charge >= 0.3 is 11.9 Å². The lowest BCUT2D eigenvalue weighted by Crippen LogP contribution is -1.98. The van der Waals surface area contributed by atoms with Gasteiger partial charge in [0.05, 0.1) is 13.7 Å². The molecular formula is C10H22N2O7. The molecule has 9 nitrogen and oxygen atoms in total. The van der Waals surface area contributed by atoms with Crippen molar-refractivity contribution in [2.45, 2.75) is 20.8 Å². The molecule has 0 aliphatic heterocycles. The average Bonchev–Trinajstić information content (AvgIpc) is 2.29. The lowest BCUT2D eigenvalue weighted by Gasteiger charge is -1.89. The maximum Gasteiger partial charge on any atom is 0.302 e. The van der Waals surface area contributed by atoms with Crippen LogP contribution in [0.1, 0.15) is 20.8 Å². The minimum absolute atomic E-state index is 0.211. The molecule has 0 spiro atoms. The molecule has 0 bridgehead atoms. The fourth-order valence-electron chi connectivity index (χ4n) is 0.203. The van der Waals surface area contributed by atoms with Crippen molar-refractivity contribution >= 4 is 18.3 Å². The third-order valence-corrected chi connectivity index (χ3v) is 0.753. The minimum atomic E-state index is -0.500. The molecule has 0 aromatic carbocycles. The predicted molar refractivity (Wildman–Crippen MR) is 68.0 cm³/mol. The summed E-state index contributed by atoms with van der Waals surface area (Å²) in [6.45, 7) is 5.01. The molecule has 0 heterocycles. The summed E-state index contributed by atoms with van der Waals surface area (Å²) in [5.74, 6) is -0.456. The van der Waals surface area contributed by atoms with Crippen molar-refractivity contribution in [2.75, 3.05) is 27.8 Å². The van der Waals surface area contributed by atoms with Gasteiger partial charge in [-0.05, 0) is 6.92 Å².